The van der Waals surface area contributed by atoms with E-state index in [4.69, 9.17) is 10.5 Å². The van der Waals surface area contributed by atoms with Gasteiger partial charge in [-0.3, -0.25) is 0 Å². The summed E-state index contributed by atoms with van der Waals surface area (Å²) in [5, 5.41) is 0. The standard InChI is InChI=1S/C10H14FNO/c1-13-9(7-12)6-8-4-2-3-5-10(8)11/h2-5,9H,6-7,12H2,1H3. The van der Waals surface area contributed by atoms with E-state index in [1.54, 1.807) is 19.2 Å². The summed E-state index contributed by atoms with van der Waals surface area (Å²) in [6.07, 6.45) is 0.427. The molecule has 0 saturated heterocycles. The van der Waals surface area contributed by atoms with Gasteiger partial charge in [0.05, 0.1) is 6.10 Å². The summed E-state index contributed by atoms with van der Waals surface area (Å²) in [5.74, 6) is -0.196. The summed E-state index contributed by atoms with van der Waals surface area (Å²) in [7, 11) is 1.58. The highest BCUT2D eigenvalue weighted by Crippen LogP contribution is 2.09. The number of hydrogen-bond donors (Lipinski definition) is 1. The van der Waals surface area contributed by atoms with E-state index in [0.29, 0.717) is 18.5 Å². The zero-order valence-corrected chi connectivity index (χ0v) is 7.66. The summed E-state index contributed by atoms with van der Waals surface area (Å²) in [6, 6.07) is 6.67. The zero-order valence-electron chi connectivity index (χ0n) is 7.66. The van der Waals surface area contributed by atoms with Crippen molar-refractivity contribution in [3.8, 4) is 0 Å². The third-order valence-electron chi connectivity index (χ3n) is 2.00. The van der Waals surface area contributed by atoms with E-state index in [1.165, 1.54) is 6.07 Å². The predicted octanol–water partition coefficient (Wildman–Crippen LogP) is 1.34. The minimum atomic E-state index is -0.196. The van der Waals surface area contributed by atoms with Crippen LogP contribution in [0.25, 0.3) is 0 Å². The van der Waals surface area contributed by atoms with Crippen LogP contribution < -0.4 is 5.73 Å². The van der Waals surface area contributed by atoms with Crippen molar-refractivity contribution in [2.45, 2.75) is 12.5 Å². The van der Waals surface area contributed by atoms with Gasteiger partial charge < -0.3 is 10.5 Å². The zero-order chi connectivity index (χ0) is 9.68. The maximum atomic E-state index is 13.1. The van der Waals surface area contributed by atoms with Gasteiger partial charge in [0.1, 0.15) is 5.82 Å². The molecule has 0 amide bonds. The molecule has 72 valence electrons. The van der Waals surface area contributed by atoms with Crippen LogP contribution in [-0.2, 0) is 11.2 Å². The number of hydrogen-bond acceptors (Lipinski definition) is 2. The fourth-order valence-corrected chi connectivity index (χ4v) is 1.17. The van der Waals surface area contributed by atoms with Gasteiger partial charge in [-0.1, -0.05) is 18.2 Å². The average Bonchev–Trinajstić information content (AvgIpc) is 2.17. The molecule has 0 fully saturated rings. The van der Waals surface area contributed by atoms with Crippen LogP contribution in [-0.4, -0.2) is 19.8 Å². The van der Waals surface area contributed by atoms with E-state index < -0.39 is 0 Å². The van der Waals surface area contributed by atoms with Gasteiger partial charge in [0.2, 0.25) is 0 Å². The van der Waals surface area contributed by atoms with E-state index in [2.05, 4.69) is 0 Å². The summed E-state index contributed by atoms with van der Waals surface area (Å²) >= 11 is 0. The lowest BCUT2D eigenvalue weighted by molar-refractivity contribution is 0.109. The van der Waals surface area contributed by atoms with Crippen molar-refractivity contribution in [2.75, 3.05) is 13.7 Å². The smallest absolute Gasteiger partial charge is 0.126 e. The minimum Gasteiger partial charge on any atom is -0.380 e. The highest BCUT2D eigenvalue weighted by molar-refractivity contribution is 5.18. The molecule has 1 rings (SSSR count). The lowest BCUT2D eigenvalue weighted by atomic mass is 10.1. The topological polar surface area (TPSA) is 35.2 Å². The van der Waals surface area contributed by atoms with Crippen LogP contribution in [0.5, 0.6) is 0 Å². The molecule has 0 aliphatic heterocycles. The molecule has 1 atom stereocenters. The van der Waals surface area contributed by atoms with Crippen molar-refractivity contribution < 1.29 is 9.13 Å². The molecule has 0 spiro atoms. The van der Waals surface area contributed by atoms with Crippen LogP contribution in [0.1, 0.15) is 5.56 Å². The van der Waals surface area contributed by atoms with Gasteiger partial charge in [0.25, 0.3) is 0 Å². The molecule has 1 aromatic carbocycles. The van der Waals surface area contributed by atoms with Gasteiger partial charge in [-0.15, -0.1) is 0 Å². The van der Waals surface area contributed by atoms with Gasteiger partial charge in [0, 0.05) is 20.1 Å². The van der Waals surface area contributed by atoms with Crippen LogP contribution in [0.4, 0.5) is 4.39 Å². The van der Waals surface area contributed by atoms with Crippen LogP contribution in [0.15, 0.2) is 24.3 Å². The minimum absolute atomic E-state index is 0.100. The van der Waals surface area contributed by atoms with Gasteiger partial charge in [-0.25, -0.2) is 4.39 Å². The second-order valence-electron chi connectivity index (χ2n) is 2.89. The summed E-state index contributed by atoms with van der Waals surface area (Å²) in [5.41, 5.74) is 6.09. The molecular weight excluding hydrogens is 169 g/mol. The Kier molecular flexibility index (Phi) is 3.86. The number of methoxy groups -OCH3 is 1. The highest BCUT2D eigenvalue weighted by atomic mass is 19.1. The quantitative estimate of drug-likeness (QED) is 0.764. The molecule has 0 aromatic heterocycles. The molecule has 0 radical (unpaired) electrons. The Morgan fingerprint density at radius 1 is 1.46 bits per heavy atom. The Hall–Kier alpha value is -0.930. The van der Waals surface area contributed by atoms with E-state index in [0.717, 1.165) is 0 Å². The Morgan fingerprint density at radius 2 is 2.15 bits per heavy atom. The van der Waals surface area contributed by atoms with Crippen LogP contribution in [0.3, 0.4) is 0 Å². The van der Waals surface area contributed by atoms with Gasteiger partial charge >= 0.3 is 0 Å². The molecular formula is C10H14FNO. The van der Waals surface area contributed by atoms with Crippen molar-refractivity contribution >= 4 is 0 Å². The fraction of sp³-hybridized carbons (Fsp3) is 0.400. The molecule has 0 bridgehead atoms. The summed E-state index contributed by atoms with van der Waals surface area (Å²) < 4.78 is 18.2. The van der Waals surface area contributed by atoms with Gasteiger partial charge in [-0.05, 0) is 11.6 Å². The fourth-order valence-electron chi connectivity index (χ4n) is 1.17. The molecule has 0 aliphatic carbocycles. The molecule has 13 heavy (non-hydrogen) atoms. The normalized spacial score (nSPS) is 12.8. The van der Waals surface area contributed by atoms with Crippen LogP contribution in [0.2, 0.25) is 0 Å². The second kappa shape index (κ2) is 4.94. The number of halogens is 1. The first kappa shape index (κ1) is 10.2. The number of benzene rings is 1. The first-order valence-corrected chi connectivity index (χ1v) is 4.24. The average molecular weight is 183 g/mol. The molecule has 3 heteroatoms. The molecule has 2 N–H and O–H groups in total. The Morgan fingerprint density at radius 3 is 2.69 bits per heavy atom. The Labute approximate surface area is 77.5 Å². The third kappa shape index (κ3) is 2.79. The second-order valence-corrected chi connectivity index (χ2v) is 2.89. The predicted molar refractivity (Wildman–Crippen MR) is 50.0 cm³/mol. The van der Waals surface area contributed by atoms with Gasteiger partial charge in [0.15, 0.2) is 0 Å². The van der Waals surface area contributed by atoms with Crippen molar-refractivity contribution in [3.05, 3.63) is 35.6 Å². The first-order chi connectivity index (χ1) is 6.27. The number of nitrogens with two attached hydrogens (primary N) is 1. The molecule has 0 aliphatic rings. The number of rotatable bonds is 4. The Bertz CT molecular complexity index is 261. The summed E-state index contributed by atoms with van der Waals surface area (Å²) in [6.45, 7) is 0.408. The maximum absolute atomic E-state index is 13.1. The van der Waals surface area contributed by atoms with E-state index in [-0.39, 0.29) is 11.9 Å². The van der Waals surface area contributed by atoms with Crippen molar-refractivity contribution in [2.24, 2.45) is 5.73 Å². The van der Waals surface area contributed by atoms with Crippen LogP contribution in [0, 0.1) is 5.82 Å². The van der Waals surface area contributed by atoms with Crippen molar-refractivity contribution in [1.82, 2.24) is 0 Å². The largest absolute Gasteiger partial charge is 0.380 e. The Balaban J connectivity index is 2.67. The molecule has 0 saturated carbocycles. The van der Waals surface area contributed by atoms with Crippen LogP contribution >= 0.6 is 0 Å². The van der Waals surface area contributed by atoms with E-state index in [9.17, 15) is 4.39 Å². The lowest BCUT2D eigenvalue weighted by Gasteiger charge is -2.12. The highest BCUT2D eigenvalue weighted by Gasteiger charge is 2.08. The lowest BCUT2D eigenvalue weighted by Crippen LogP contribution is -2.25. The molecule has 2 nitrogen and oxygen atoms in total. The monoisotopic (exact) mass is 183 g/mol. The molecule has 1 unspecified atom stereocenters. The van der Waals surface area contributed by atoms with Crippen molar-refractivity contribution in [1.29, 1.82) is 0 Å². The van der Waals surface area contributed by atoms with Gasteiger partial charge in [-0.2, -0.15) is 0 Å². The maximum Gasteiger partial charge on any atom is 0.126 e. The molecule has 0 heterocycles. The number of ether oxygens (including phenoxy) is 1. The first-order valence-electron chi connectivity index (χ1n) is 4.24. The summed E-state index contributed by atoms with van der Waals surface area (Å²) in [4.78, 5) is 0. The van der Waals surface area contributed by atoms with E-state index in [1.807, 2.05) is 6.07 Å². The van der Waals surface area contributed by atoms with E-state index >= 15 is 0 Å². The third-order valence-corrected chi connectivity index (χ3v) is 2.00. The van der Waals surface area contributed by atoms with Crippen molar-refractivity contribution in [3.63, 3.8) is 0 Å². The SMILES string of the molecule is COC(CN)Cc1ccccc1F. The molecule has 1 aromatic rings.